The first-order valence-corrected chi connectivity index (χ1v) is 10.8. The quantitative estimate of drug-likeness (QED) is 0.484. The van der Waals surface area contributed by atoms with Crippen molar-refractivity contribution >= 4 is 26.7 Å². The number of aryl methyl sites for hydroxylation is 2. The fraction of sp³-hybridized carbons (Fsp3) is 0.0909. The van der Waals surface area contributed by atoms with Crippen LogP contribution in [0.2, 0.25) is 0 Å². The predicted octanol–water partition coefficient (Wildman–Crippen LogP) is 2.83. The van der Waals surface area contributed by atoms with Gasteiger partial charge in [-0.05, 0) is 30.3 Å². The zero-order valence-corrected chi connectivity index (χ0v) is 17.6. The van der Waals surface area contributed by atoms with Gasteiger partial charge >= 0.3 is 11.1 Å². The van der Waals surface area contributed by atoms with E-state index in [1.807, 2.05) is 6.07 Å². The van der Waals surface area contributed by atoms with Crippen LogP contribution < -0.4 is 20.6 Å². The van der Waals surface area contributed by atoms with Crippen LogP contribution in [-0.4, -0.2) is 17.6 Å². The van der Waals surface area contributed by atoms with Crippen LogP contribution in [-0.2, 0) is 24.1 Å². The molecule has 4 aromatic rings. The van der Waals surface area contributed by atoms with Gasteiger partial charge in [0, 0.05) is 20.2 Å². The lowest BCUT2D eigenvalue weighted by Gasteiger charge is -2.17. The first kappa shape index (κ1) is 20.4. The van der Waals surface area contributed by atoms with Gasteiger partial charge in [-0.1, -0.05) is 36.4 Å². The number of ether oxygens (including phenoxy) is 1. The Balaban J connectivity index is 1.94. The average Bonchev–Trinajstić information content (AvgIpc) is 2.78. The van der Waals surface area contributed by atoms with E-state index in [9.17, 15) is 18.0 Å². The third kappa shape index (κ3) is 3.82. The van der Waals surface area contributed by atoms with Gasteiger partial charge < -0.3 is 13.9 Å². The summed E-state index contributed by atoms with van der Waals surface area (Å²) in [5.74, 6) is 0.670. The molecule has 0 aliphatic carbocycles. The highest BCUT2D eigenvalue weighted by molar-refractivity contribution is 7.92. The summed E-state index contributed by atoms with van der Waals surface area (Å²) < 4.78 is 36.7. The number of para-hydroxylation sites is 1. The highest BCUT2D eigenvalue weighted by atomic mass is 32.2. The van der Waals surface area contributed by atoms with Crippen LogP contribution in [0.1, 0.15) is 0 Å². The van der Waals surface area contributed by atoms with Crippen molar-refractivity contribution in [1.82, 2.24) is 9.13 Å². The number of rotatable bonds is 5. The second kappa shape index (κ2) is 7.77. The van der Waals surface area contributed by atoms with Crippen molar-refractivity contribution in [3.05, 3.63) is 93.5 Å². The fourth-order valence-electron chi connectivity index (χ4n) is 3.18. The van der Waals surface area contributed by atoms with E-state index in [1.54, 1.807) is 42.5 Å². The second-order valence-electron chi connectivity index (χ2n) is 6.90. The summed E-state index contributed by atoms with van der Waals surface area (Å²) in [4.78, 5) is 24.6. The smallest absolute Gasteiger partial charge is 0.316 e. The van der Waals surface area contributed by atoms with Gasteiger partial charge in [0.1, 0.15) is 5.75 Å². The molecule has 0 atom stereocenters. The number of aromatic nitrogens is 2. The maximum Gasteiger partial charge on any atom is 0.316 e. The zero-order chi connectivity index (χ0) is 22.2. The molecule has 158 valence electrons. The maximum atomic E-state index is 12.9. The van der Waals surface area contributed by atoms with Gasteiger partial charge in [0.05, 0.1) is 21.6 Å². The van der Waals surface area contributed by atoms with Gasteiger partial charge in [0.2, 0.25) is 0 Å². The molecule has 1 N–H and O–H groups in total. The minimum Gasteiger partial charge on any atom is -0.455 e. The molecule has 3 aromatic carbocycles. The monoisotopic (exact) mass is 437 g/mol. The molecule has 31 heavy (non-hydrogen) atoms. The number of benzene rings is 3. The molecule has 1 heterocycles. The highest BCUT2D eigenvalue weighted by Gasteiger charge is 2.20. The molecule has 0 bridgehead atoms. The number of nitrogens with one attached hydrogen (secondary N) is 1. The largest absolute Gasteiger partial charge is 0.455 e. The first-order valence-electron chi connectivity index (χ1n) is 9.32. The van der Waals surface area contributed by atoms with Crippen molar-refractivity contribution in [3.8, 4) is 11.5 Å². The fourth-order valence-corrected chi connectivity index (χ4v) is 4.27. The third-order valence-corrected chi connectivity index (χ3v) is 6.24. The molecule has 0 spiro atoms. The summed E-state index contributed by atoms with van der Waals surface area (Å²) >= 11 is 0. The SMILES string of the molecule is Cn1c(=O)c(=O)n(C)c2cc(Oc3ccccc3)c(NS(=O)(=O)c3ccccc3)cc21. The lowest BCUT2D eigenvalue weighted by molar-refractivity contribution is 0.485. The molecule has 0 fully saturated rings. The number of anilines is 1. The summed E-state index contributed by atoms with van der Waals surface area (Å²) in [5, 5.41) is 0. The Kier molecular flexibility index (Phi) is 5.12. The van der Waals surface area contributed by atoms with Crippen molar-refractivity contribution in [2.24, 2.45) is 14.1 Å². The van der Waals surface area contributed by atoms with Crippen molar-refractivity contribution < 1.29 is 13.2 Å². The molecule has 0 aliphatic rings. The summed E-state index contributed by atoms with van der Waals surface area (Å²) in [7, 11) is -0.988. The van der Waals surface area contributed by atoms with E-state index in [0.717, 1.165) is 0 Å². The Hall–Kier alpha value is -3.85. The van der Waals surface area contributed by atoms with Gasteiger partial charge in [-0.2, -0.15) is 0 Å². The van der Waals surface area contributed by atoms with E-state index in [4.69, 9.17) is 4.74 Å². The number of hydrogen-bond donors (Lipinski definition) is 1. The molecule has 9 heteroatoms. The number of fused-ring (bicyclic) bond motifs is 1. The van der Waals surface area contributed by atoms with Gasteiger partial charge in [0.15, 0.2) is 5.75 Å². The van der Waals surface area contributed by atoms with Crippen LogP contribution in [0.4, 0.5) is 5.69 Å². The Labute approximate surface area is 178 Å². The van der Waals surface area contributed by atoms with E-state index in [2.05, 4.69) is 4.72 Å². The van der Waals surface area contributed by atoms with Crippen molar-refractivity contribution in [2.45, 2.75) is 4.90 Å². The molecular weight excluding hydrogens is 418 g/mol. The van der Waals surface area contributed by atoms with Crippen LogP contribution >= 0.6 is 0 Å². The summed E-state index contributed by atoms with van der Waals surface area (Å²) in [6.45, 7) is 0. The lowest BCUT2D eigenvalue weighted by atomic mass is 10.2. The van der Waals surface area contributed by atoms with E-state index < -0.39 is 21.1 Å². The summed E-state index contributed by atoms with van der Waals surface area (Å²) in [5.41, 5.74) is -0.491. The first-order chi connectivity index (χ1) is 14.8. The van der Waals surface area contributed by atoms with Crippen LogP contribution in [0, 0.1) is 0 Å². The molecule has 0 saturated heterocycles. The molecule has 0 unspecified atom stereocenters. The Bertz CT molecular complexity index is 1490. The molecule has 0 radical (unpaired) electrons. The standard InChI is InChI=1S/C22H19N3O5S/c1-24-18-13-17(23-31(28,29)16-11-7-4-8-12-16)20(30-15-9-5-3-6-10-15)14-19(18)25(2)22(27)21(24)26/h3-14,23H,1-2H3. The molecule has 4 rings (SSSR count). The van der Waals surface area contributed by atoms with Gasteiger partial charge in [-0.15, -0.1) is 0 Å². The van der Waals surface area contributed by atoms with Gasteiger partial charge in [-0.25, -0.2) is 8.42 Å². The second-order valence-corrected chi connectivity index (χ2v) is 8.58. The maximum absolute atomic E-state index is 12.9. The highest BCUT2D eigenvalue weighted by Crippen LogP contribution is 2.34. The van der Waals surface area contributed by atoms with Crippen LogP contribution in [0.5, 0.6) is 11.5 Å². The summed E-state index contributed by atoms with van der Waals surface area (Å²) in [6, 6.07) is 19.8. The van der Waals surface area contributed by atoms with Crippen LogP contribution in [0.25, 0.3) is 11.0 Å². The number of hydrogen-bond acceptors (Lipinski definition) is 5. The number of nitrogens with zero attached hydrogens (tertiary/aromatic N) is 2. The van der Waals surface area contributed by atoms with Crippen molar-refractivity contribution in [3.63, 3.8) is 0 Å². The minimum atomic E-state index is -3.92. The Morgan fingerprint density at radius 1 is 0.774 bits per heavy atom. The number of sulfonamides is 1. The van der Waals surface area contributed by atoms with Gasteiger partial charge in [-0.3, -0.25) is 14.3 Å². The average molecular weight is 437 g/mol. The lowest BCUT2D eigenvalue weighted by Crippen LogP contribution is -2.39. The molecule has 0 amide bonds. The topological polar surface area (TPSA) is 99.4 Å². The predicted molar refractivity (Wildman–Crippen MR) is 118 cm³/mol. The van der Waals surface area contributed by atoms with E-state index >= 15 is 0 Å². The van der Waals surface area contributed by atoms with E-state index in [0.29, 0.717) is 16.8 Å². The molecule has 0 aliphatic heterocycles. The zero-order valence-electron chi connectivity index (χ0n) is 16.8. The molecule has 1 aromatic heterocycles. The van der Waals surface area contributed by atoms with Crippen molar-refractivity contribution in [2.75, 3.05) is 4.72 Å². The molecule has 0 saturated carbocycles. The van der Waals surface area contributed by atoms with Crippen LogP contribution in [0.15, 0.2) is 87.3 Å². The Morgan fingerprint density at radius 2 is 1.29 bits per heavy atom. The van der Waals surface area contributed by atoms with Crippen LogP contribution in [0.3, 0.4) is 0 Å². The molecular formula is C22H19N3O5S. The van der Waals surface area contributed by atoms with Gasteiger partial charge in [0.25, 0.3) is 10.0 Å². The van der Waals surface area contributed by atoms with E-state index in [1.165, 1.54) is 47.5 Å². The third-order valence-electron chi connectivity index (χ3n) is 4.86. The summed E-state index contributed by atoms with van der Waals surface area (Å²) in [6.07, 6.45) is 0. The molecule has 8 nitrogen and oxygen atoms in total. The van der Waals surface area contributed by atoms with E-state index in [-0.39, 0.29) is 16.3 Å². The minimum absolute atomic E-state index is 0.0788. The Morgan fingerprint density at radius 3 is 1.87 bits per heavy atom. The normalized spacial score (nSPS) is 11.4. The van der Waals surface area contributed by atoms with Crippen molar-refractivity contribution in [1.29, 1.82) is 0 Å².